The van der Waals surface area contributed by atoms with Gasteiger partial charge in [-0.25, -0.2) is 0 Å². The van der Waals surface area contributed by atoms with E-state index in [2.05, 4.69) is 5.32 Å². The Kier molecular flexibility index (Phi) is 5.05. The van der Waals surface area contributed by atoms with Crippen LogP contribution in [0.2, 0.25) is 5.02 Å². The standard InChI is InChI=1S/C14H18ClNO3/c15-11-4-6-12(7-5-11)19-9-14(18)16-13-3-1-2-10(13)8-17/h4-7,10,13,17H,1-3,8-9H2,(H,16,18). The Labute approximate surface area is 117 Å². The zero-order valence-corrected chi connectivity index (χ0v) is 11.4. The van der Waals surface area contributed by atoms with Gasteiger partial charge in [0.2, 0.25) is 0 Å². The lowest BCUT2D eigenvalue weighted by Gasteiger charge is -2.19. The van der Waals surface area contributed by atoms with Gasteiger partial charge in [0.1, 0.15) is 5.75 Å². The molecule has 2 rings (SSSR count). The average molecular weight is 284 g/mol. The molecule has 4 nitrogen and oxygen atoms in total. The fourth-order valence-corrected chi connectivity index (χ4v) is 2.50. The van der Waals surface area contributed by atoms with Gasteiger partial charge in [-0.3, -0.25) is 4.79 Å². The minimum absolute atomic E-state index is 0.0176. The van der Waals surface area contributed by atoms with Crippen LogP contribution < -0.4 is 10.1 Å². The molecule has 0 spiro atoms. The van der Waals surface area contributed by atoms with Crippen molar-refractivity contribution in [2.24, 2.45) is 5.92 Å². The molecule has 19 heavy (non-hydrogen) atoms. The second kappa shape index (κ2) is 6.78. The highest BCUT2D eigenvalue weighted by Crippen LogP contribution is 2.25. The van der Waals surface area contributed by atoms with Crippen molar-refractivity contribution in [2.45, 2.75) is 25.3 Å². The Hall–Kier alpha value is -1.26. The van der Waals surface area contributed by atoms with Crippen molar-refractivity contribution in [3.63, 3.8) is 0 Å². The number of benzene rings is 1. The quantitative estimate of drug-likeness (QED) is 0.869. The Morgan fingerprint density at radius 3 is 2.79 bits per heavy atom. The van der Waals surface area contributed by atoms with Crippen LogP contribution in [0.4, 0.5) is 0 Å². The maximum absolute atomic E-state index is 11.8. The van der Waals surface area contributed by atoms with Crippen molar-refractivity contribution in [1.82, 2.24) is 5.32 Å². The molecule has 1 aliphatic carbocycles. The Morgan fingerprint density at radius 1 is 1.37 bits per heavy atom. The van der Waals surface area contributed by atoms with Crippen LogP contribution in [0, 0.1) is 5.92 Å². The van der Waals surface area contributed by atoms with E-state index in [1.165, 1.54) is 0 Å². The number of carbonyl (C=O) groups is 1. The van der Waals surface area contributed by atoms with E-state index in [-0.39, 0.29) is 31.1 Å². The molecule has 2 N–H and O–H groups in total. The van der Waals surface area contributed by atoms with Gasteiger partial charge in [-0.05, 0) is 37.1 Å². The van der Waals surface area contributed by atoms with Crippen molar-refractivity contribution < 1.29 is 14.6 Å². The molecule has 5 heteroatoms. The number of hydrogen-bond acceptors (Lipinski definition) is 3. The zero-order valence-electron chi connectivity index (χ0n) is 10.6. The summed E-state index contributed by atoms with van der Waals surface area (Å²) < 4.78 is 5.37. The predicted octanol–water partition coefficient (Wildman–Crippen LogP) is 2.00. The number of amides is 1. The maximum Gasteiger partial charge on any atom is 0.258 e. The van der Waals surface area contributed by atoms with E-state index in [1.54, 1.807) is 24.3 Å². The fourth-order valence-electron chi connectivity index (χ4n) is 2.37. The molecule has 1 aliphatic rings. The largest absolute Gasteiger partial charge is 0.484 e. The van der Waals surface area contributed by atoms with E-state index in [4.69, 9.17) is 16.3 Å². The first-order chi connectivity index (χ1) is 9.19. The van der Waals surface area contributed by atoms with E-state index in [1.807, 2.05) is 0 Å². The predicted molar refractivity (Wildman–Crippen MR) is 73.3 cm³/mol. The molecule has 2 unspecified atom stereocenters. The highest BCUT2D eigenvalue weighted by atomic mass is 35.5. The Balaban J connectivity index is 1.77. The number of carbonyl (C=O) groups excluding carboxylic acids is 1. The smallest absolute Gasteiger partial charge is 0.258 e. The van der Waals surface area contributed by atoms with Crippen molar-refractivity contribution in [1.29, 1.82) is 0 Å². The molecule has 0 aromatic heterocycles. The van der Waals surface area contributed by atoms with E-state index < -0.39 is 0 Å². The minimum atomic E-state index is -0.153. The minimum Gasteiger partial charge on any atom is -0.484 e. The van der Waals surface area contributed by atoms with Gasteiger partial charge in [0.05, 0.1) is 0 Å². The van der Waals surface area contributed by atoms with Gasteiger partial charge in [-0.15, -0.1) is 0 Å². The third-order valence-corrected chi connectivity index (χ3v) is 3.68. The summed E-state index contributed by atoms with van der Waals surface area (Å²) in [5.74, 6) is 0.643. The van der Waals surface area contributed by atoms with E-state index >= 15 is 0 Å². The van der Waals surface area contributed by atoms with E-state index in [0.717, 1.165) is 19.3 Å². The molecule has 1 amide bonds. The second-order valence-corrected chi connectivity index (χ2v) is 5.23. The number of aliphatic hydroxyl groups excluding tert-OH is 1. The molecule has 0 aliphatic heterocycles. The lowest BCUT2D eigenvalue weighted by atomic mass is 10.1. The molecular weight excluding hydrogens is 266 g/mol. The first-order valence-electron chi connectivity index (χ1n) is 6.47. The first-order valence-corrected chi connectivity index (χ1v) is 6.85. The molecular formula is C14H18ClNO3. The summed E-state index contributed by atoms with van der Waals surface area (Å²) in [6.45, 7) is 0.110. The molecule has 1 aromatic carbocycles. The number of rotatable bonds is 5. The van der Waals surface area contributed by atoms with Gasteiger partial charge in [-0.2, -0.15) is 0 Å². The molecule has 2 atom stereocenters. The van der Waals surface area contributed by atoms with E-state index in [0.29, 0.717) is 10.8 Å². The summed E-state index contributed by atoms with van der Waals surface area (Å²) in [5.41, 5.74) is 0. The second-order valence-electron chi connectivity index (χ2n) is 4.79. The zero-order chi connectivity index (χ0) is 13.7. The highest BCUT2D eigenvalue weighted by molar-refractivity contribution is 6.30. The molecule has 1 saturated carbocycles. The lowest BCUT2D eigenvalue weighted by Crippen LogP contribution is -2.40. The molecule has 0 heterocycles. The number of halogens is 1. The lowest BCUT2D eigenvalue weighted by molar-refractivity contribution is -0.124. The van der Waals surface area contributed by atoms with Crippen LogP contribution in [0.5, 0.6) is 5.75 Å². The van der Waals surface area contributed by atoms with Crippen LogP contribution in [0.25, 0.3) is 0 Å². The average Bonchev–Trinajstić information content (AvgIpc) is 2.85. The van der Waals surface area contributed by atoms with Crippen molar-refractivity contribution >= 4 is 17.5 Å². The first kappa shape index (κ1) is 14.2. The van der Waals surface area contributed by atoms with Gasteiger partial charge in [-0.1, -0.05) is 18.0 Å². The number of aliphatic hydroxyl groups is 1. The van der Waals surface area contributed by atoms with Crippen LogP contribution in [-0.4, -0.2) is 30.3 Å². The van der Waals surface area contributed by atoms with Crippen LogP contribution in [0.15, 0.2) is 24.3 Å². The Bertz CT molecular complexity index is 421. The molecule has 0 saturated heterocycles. The topological polar surface area (TPSA) is 58.6 Å². The van der Waals surface area contributed by atoms with Crippen LogP contribution >= 0.6 is 11.6 Å². The summed E-state index contributed by atoms with van der Waals surface area (Å²) in [6.07, 6.45) is 2.95. The summed E-state index contributed by atoms with van der Waals surface area (Å²) in [6, 6.07) is 6.95. The molecule has 0 radical (unpaired) electrons. The van der Waals surface area contributed by atoms with Crippen LogP contribution in [0.3, 0.4) is 0 Å². The van der Waals surface area contributed by atoms with Crippen LogP contribution in [0.1, 0.15) is 19.3 Å². The summed E-state index contributed by atoms with van der Waals surface area (Å²) in [7, 11) is 0. The van der Waals surface area contributed by atoms with Gasteiger partial charge in [0, 0.05) is 23.6 Å². The normalized spacial score (nSPS) is 22.2. The maximum atomic E-state index is 11.8. The third-order valence-electron chi connectivity index (χ3n) is 3.42. The fraction of sp³-hybridized carbons (Fsp3) is 0.500. The van der Waals surface area contributed by atoms with Crippen molar-refractivity contribution in [3.8, 4) is 5.75 Å². The summed E-state index contributed by atoms with van der Waals surface area (Å²) in [5, 5.41) is 12.7. The summed E-state index contributed by atoms with van der Waals surface area (Å²) >= 11 is 5.76. The molecule has 104 valence electrons. The monoisotopic (exact) mass is 283 g/mol. The number of ether oxygens (including phenoxy) is 1. The summed E-state index contributed by atoms with van der Waals surface area (Å²) in [4.78, 5) is 11.8. The van der Waals surface area contributed by atoms with Crippen molar-refractivity contribution in [2.75, 3.05) is 13.2 Å². The third kappa shape index (κ3) is 4.11. The Morgan fingerprint density at radius 2 is 2.11 bits per heavy atom. The molecule has 1 aromatic rings. The molecule has 1 fully saturated rings. The van der Waals surface area contributed by atoms with Gasteiger partial charge in [0.25, 0.3) is 5.91 Å². The van der Waals surface area contributed by atoms with Gasteiger partial charge < -0.3 is 15.2 Å². The van der Waals surface area contributed by atoms with E-state index in [9.17, 15) is 9.90 Å². The SMILES string of the molecule is O=C(COc1ccc(Cl)cc1)NC1CCCC1CO. The van der Waals surface area contributed by atoms with Gasteiger partial charge in [0.15, 0.2) is 6.61 Å². The highest BCUT2D eigenvalue weighted by Gasteiger charge is 2.27. The molecule has 0 bridgehead atoms. The van der Waals surface area contributed by atoms with Crippen molar-refractivity contribution in [3.05, 3.63) is 29.3 Å². The van der Waals surface area contributed by atoms with Gasteiger partial charge >= 0.3 is 0 Å². The number of nitrogens with one attached hydrogen (secondary N) is 1. The van der Waals surface area contributed by atoms with Crippen LogP contribution in [-0.2, 0) is 4.79 Å². The number of hydrogen-bond donors (Lipinski definition) is 2.